The Bertz CT molecular complexity index is 1600. The van der Waals surface area contributed by atoms with Gasteiger partial charge in [0.2, 0.25) is 0 Å². The first kappa shape index (κ1) is 28.8. The van der Waals surface area contributed by atoms with Crippen LogP contribution in [-0.4, -0.2) is 31.2 Å². The lowest BCUT2D eigenvalue weighted by Gasteiger charge is -2.16. The highest BCUT2D eigenvalue weighted by Gasteiger charge is 2.34. The van der Waals surface area contributed by atoms with Crippen LogP contribution in [0.1, 0.15) is 23.1 Å². The van der Waals surface area contributed by atoms with Crippen LogP contribution in [0, 0.1) is 11.7 Å². The average molecular weight is 576 g/mol. The molecule has 0 saturated carbocycles. The van der Waals surface area contributed by atoms with Crippen LogP contribution in [0.4, 0.5) is 17.6 Å². The van der Waals surface area contributed by atoms with Crippen molar-refractivity contribution in [2.75, 3.05) is 0 Å². The van der Waals surface area contributed by atoms with Gasteiger partial charge in [0.1, 0.15) is 12.4 Å². The topological polar surface area (TPSA) is 94.2 Å². The van der Waals surface area contributed by atoms with Gasteiger partial charge in [0.15, 0.2) is 11.6 Å². The molecule has 1 atom stereocenters. The minimum Gasteiger partial charge on any atom is -0.481 e. The van der Waals surface area contributed by atoms with E-state index < -0.39 is 60.3 Å². The predicted octanol–water partition coefficient (Wildman–Crippen LogP) is 5.47. The zero-order chi connectivity index (χ0) is 29.0. The first-order valence-electron chi connectivity index (χ1n) is 12.0. The Labute approximate surface area is 230 Å². The van der Waals surface area contributed by atoms with Gasteiger partial charge in [-0.25, -0.2) is 13.9 Å². The number of carboxylic acid groups (broad SMARTS) is 1. The lowest BCUT2D eigenvalue weighted by Crippen LogP contribution is -2.30. The number of ketones is 1. The quantitative estimate of drug-likeness (QED) is 0.253. The van der Waals surface area contributed by atoms with Crippen molar-refractivity contribution in [1.82, 2.24) is 14.3 Å². The second kappa shape index (κ2) is 11.9. The Morgan fingerprint density at radius 2 is 1.57 bits per heavy atom. The summed E-state index contributed by atoms with van der Waals surface area (Å²) >= 11 is 5.96. The highest BCUT2D eigenvalue weighted by atomic mass is 35.5. The highest BCUT2D eigenvalue weighted by molar-refractivity contribution is 6.30. The number of aliphatic carboxylic acids is 1. The molecule has 0 radical (unpaired) electrons. The molecule has 3 aromatic carbocycles. The van der Waals surface area contributed by atoms with Gasteiger partial charge in [-0.15, -0.1) is 5.10 Å². The van der Waals surface area contributed by atoms with Crippen molar-refractivity contribution < 1.29 is 32.3 Å². The maximum Gasteiger partial charge on any atom is 0.416 e. The summed E-state index contributed by atoms with van der Waals surface area (Å²) < 4.78 is 56.5. The van der Waals surface area contributed by atoms with E-state index >= 15 is 0 Å². The third-order valence-corrected chi connectivity index (χ3v) is 6.50. The molecule has 0 amide bonds. The minimum atomic E-state index is -4.69. The van der Waals surface area contributed by atoms with Crippen molar-refractivity contribution in [3.05, 3.63) is 111 Å². The molecule has 0 aliphatic heterocycles. The molecule has 0 bridgehead atoms. The second-order valence-corrected chi connectivity index (χ2v) is 9.52. The number of hydrogen-bond acceptors (Lipinski definition) is 4. The monoisotopic (exact) mass is 575 g/mol. The van der Waals surface area contributed by atoms with Crippen molar-refractivity contribution >= 4 is 23.4 Å². The van der Waals surface area contributed by atoms with Gasteiger partial charge in [0, 0.05) is 22.6 Å². The van der Waals surface area contributed by atoms with Gasteiger partial charge >= 0.3 is 17.8 Å². The number of halogens is 5. The fourth-order valence-corrected chi connectivity index (χ4v) is 4.42. The molecule has 12 heteroatoms. The first-order chi connectivity index (χ1) is 18.9. The van der Waals surface area contributed by atoms with Crippen LogP contribution in [-0.2, 0) is 35.3 Å². The van der Waals surface area contributed by atoms with Crippen LogP contribution in [0.25, 0.3) is 11.4 Å². The zero-order valence-corrected chi connectivity index (χ0v) is 21.5. The fourth-order valence-electron chi connectivity index (χ4n) is 4.29. The summed E-state index contributed by atoms with van der Waals surface area (Å²) in [5.74, 6) is -4.08. The molecule has 0 saturated heterocycles. The largest absolute Gasteiger partial charge is 0.481 e. The predicted molar refractivity (Wildman–Crippen MR) is 138 cm³/mol. The van der Waals surface area contributed by atoms with Gasteiger partial charge in [-0.1, -0.05) is 48.0 Å². The van der Waals surface area contributed by atoms with E-state index in [9.17, 15) is 37.1 Å². The average Bonchev–Trinajstić information content (AvgIpc) is 3.19. The molecule has 1 heterocycles. The maximum absolute atomic E-state index is 14.4. The molecule has 0 unspecified atom stereocenters. The van der Waals surface area contributed by atoms with Crippen molar-refractivity contribution in [1.29, 1.82) is 0 Å². The Morgan fingerprint density at radius 3 is 2.20 bits per heavy atom. The molecule has 0 aliphatic carbocycles. The molecule has 40 heavy (non-hydrogen) atoms. The van der Waals surface area contributed by atoms with E-state index in [2.05, 4.69) is 5.10 Å². The van der Waals surface area contributed by atoms with Crippen molar-refractivity contribution in [3.8, 4) is 11.4 Å². The normalized spacial score (nSPS) is 12.3. The third-order valence-electron chi connectivity index (χ3n) is 6.25. The Balaban J connectivity index is 1.62. The molecule has 0 fully saturated rings. The molecule has 208 valence electrons. The summed E-state index contributed by atoms with van der Waals surface area (Å²) in [6, 6.07) is 16.7. The van der Waals surface area contributed by atoms with E-state index in [0.717, 1.165) is 16.8 Å². The summed E-state index contributed by atoms with van der Waals surface area (Å²) in [4.78, 5) is 38.0. The van der Waals surface area contributed by atoms with Crippen molar-refractivity contribution in [2.45, 2.75) is 32.1 Å². The smallest absolute Gasteiger partial charge is 0.416 e. The molecule has 1 N–H and O–H groups in total. The third kappa shape index (κ3) is 6.66. The summed E-state index contributed by atoms with van der Waals surface area (Å²) in [6.45, 7) is -0.835. The summed E-state index contributed by atoms with van der Waals surface area (Å²) in [7, 11) is 0. The summed E-state index contributed by atoms with van der Waals surface area (Å²) in [6.07, 6.45) is -5.87. The molecule has 0 aliphatic rings. The van der Waals surface area contributed by atoms with Gasteiger partial charge in [-0.2, -0.15) is 13.2 Å². The molecule has 4 aromatic rings. The SMILES string of the molecule is O=C(C[C@H](Cc1ccccc1C(F)(F)F)C(=O)O)Cn1nc(-c2ccc(Cl)cc2)n(Cc2ccccc2F)c1=O. The molecule has 7 nitrogen and oxygen atoms in total. The maximum atomic E-state index is 14.4. The lowest BCUT2D eigenvalue weighted by molar-refractivity contribution is -0.144. The van der Waals surface area contributed by atoms with E-state index in [0.29, 0.717) is 10.6 Å². The number of alkyl halides is 3. The van der Waals surface area contributed by atoms with Crippen molar-refractivity contribution in [2.24, 2.45) is 5.92 Å². The number of carboxylic acids is 1. The van der Waals surface area contributed by atoms with E-state index in [1.807, 2.05) is 0 Å². The molecule has 1 aromatic heterocycles. The van der Waals surface area contributed by atoms with Gasteiger partial charge in [-0.05, 0) is 48.4 Å². The van der Waals surface area contributed by atoms with Crippen molar-refractivity contribution in [3.63, 3.8) is 0 Å². The Morgan fingerprint density at radius 1 is 0.950 bits per heavy atom. The number of hydrogen-bond donors (Lipinski definition) is 1. The standard InChI is InChI=1S/C28H22ClF4N3O4/c29-21-11-9-17(10-12-21)25-34-36(27(40)35(25)15-19-6-2-4-8-24(19)30)16-22(37)14-20(26(38)39)13-18-5-1-3-7-23(18)28(31,32)33/h1-12,20H,13-16H2,(H,38,39)/t20-/m0/s1. The number of carbonyl (C=O) groups is 2. The van der Waals surface area contributed by atoms with Crippen LogP contribution in [0.3, 0.4) is 0 Å². The first-order valence-corrected chi connectivity index (χ1v) is 12.4. The highest BCUT2D eigenvalue weighted by Crippen LogP contribution is 2.33. The van der Waals surface area contributed by atoms with E-state index in [1.54, 1.807) is 30.3 Å². The lowest BCUT2D eigenvalue weighted by atomic mass is 9.91. The van der Waals surface area contributed by atoms with Crippen LogP contribution in [0.2, 0.25) is 5.02 Å². The zero-order valence-electron chi connectivity index (χ0n) is 20.7. The van der Waals surface area contributed by atoms with Gasteiger partial charge in [0.25, 0.3) is 0 Å². The number of aromatic nitrogens is 3. The van der Waals surface area contributed by atoms with E-state index in [-0.39, 0.29) is 23.5 Å². The minimum absolute atomic E-state index is 0.117. The molecule has 4 rings (SSSR count). The second-order valence-electron chi connectivity index (χ2n) is 9.09. The van der Waals surface area contributed by atoms with Crippen LogP contribution in [0.5, 0.6) is 0 Å². The van der Waals surface area contributed by atoms with Gasteiger partial charge < -0.3 is 5.11 Å². The summed E-state index contributed by atoms with van der Waals surface area (Å²) in [5.41, 5.74) is -1.34. The van der Waals surface area contributed by atoms with E-state index in [4.69, 9.17) is 11.6 Å². The number of rotatable bonds is 10. The molecular formula is C28H22ClF4N3O4. The number of carbonyl (C=O) groups excluding carboxylic acids is 1. The summed E-state index contributed by atoms with van der Waals surface area (Å²) in [5, 5.41) is 14.3. The Hall–Kier alpha value is -4.25. The van der Waals surface area contributed by atoms with Gasteiger partial charge in [-0.3, -0.25) is 14.2 Å². The molecular weight excluding hydrogens is 554 g/mol. The van der Waals surface area contributed by atoms with Crippen LogP contribution >= 0.6 is 11.6 Å². The number of benzene rings is 3. The molecule has 0 spiro atoms. The number of Topliss-reactive ketones (excluding diaryl/α,β-unsaturated/α-hetero) is 1. The van der Waals surface area contributed by atoms with Crippen LogP contribution in [0.15, 0.2) is 77.6 Å². The van der Waals surface area contributed by atoms with Crippen LogP contribution < -0.4 is 5.69 Å². The van der Waals surface area contributed by atoms with Gasteiger partial charge in [0.05, 0.1) is 18.0 Å². The fraction of sp³-hybridized carbons (Fsp3) is 0.214. The van der Waals surface area contributed by atoms with E-state index in [1.165, 1.54) is 34.9 Å². The number of nitrogens with zero attached hydrogens (tertiary/aromatic N) is 3. The Kier molecular flexibility index (Phi) is 8.53.